The average Bonchev–Trinajstić information content (AvgIpc) is 2.47. The number of nitro groups is 1. The Hall–Kier alpha value is -2.44. The van der Waals surface area contributed by atoms with Gasteiger partial charge in [0.15, 0.2) is 0 Å². The van der Waals surface area contributed by atoms with Crippen molar-refractivity contribution < 1.29 is 24.0 Å². The monoisotopic (exact) mass is 379 g/mol. The Morgan fingerprint density at radius 3 is 1.96 bits per heavy atom. The van der Waals surface area contributed by atoms with E-state index in [1.165, 1.54) is 0 Å². The van der Waals surface area contributed by atoms with Crippen molar-refractivity contribution in [2.45, 2.75) is 65.1 Å². The molecule has 0 fully saturated rings. The Bertz CT molecular complexity index is 657. The largest absolute Gasteiger partial charge is 0.460 e. The van der Waals surface area contributed by atoms with Crippen LogP contribution >= 0.6 is 0 Å². The van der Waals surface area contributed by atoms with Crippen molar-refractivity contribution in [3.05, 3.63) is 46.0 Å². The number of ether oxygens (including phenoxy) is 2. The number of benzene rings is 1. The maximum absolute atomic E-state index is 12.8. The first-order valence-electron chi connectivity index (χ1n) is 8.90. The highest BCUT2D eigenvalue weighted by molar-refractivity contribution is 5.81. The van der Waals surface area contributed by atoms with Gasteiger partial charge in [-0.2, -0.15) is 0 Å². The Labute approximate surface area is 160 Å². The van der Waals surface area contributed by atoms with Crippen molar-refractivity contribution in [2.75, 3.05) is 6.54 Å². The normalized spacial score (nSPS) is 14.1. The van der Waals surface area contributed by atoms with Crippen LogP contribution in [0.1, 0.15) is 59.4 Å². The summed E-state index contributed by atoms with van der Waals surface area (Å²) in [5.74, 6) is -3.07. The molecule has 7 nitrogen and oxygen atoms in total. The minimum atomic E-state index is -1.02. The van der Waals surface area contributed by atoms with Gasteiger partial charge in [0.05, 0.1) is 18.3 Å². The SMILES string of the molecule is CC(C)(C)OC(=O)CC(C(=O)OC(C)(C)C)[C@H](C[N+](=O)[O-])c1ccccc1. The van der Waals surface area contributed by atoms with E-state index >= 15 is 0 Å². The van der Waals surface area contributed by atoms with E-state index in [1.54, 1.807) is 71.9 Å². The topological polar surface area (TPSA) is 95.7 Å². The maximum atomic E-state index is 12.8. The van der Waals surface area contributed by atoms with E-state index in [1.807, 2.05) is 0 Å². The van der Waals surface area contributed by atoms with E-state index in [2.05, 4.69) is 0 Å². The van der Waals surface area contributed by atoms with Gasteiger partial charge in [-0.15, -0.1) is 0 Å². The van der Waals surface area contributed by atoms with Gasteiger partial charge in [0.1, 0.15) is 11.2 Å². The molecule has 7 heteroatoms. The van der Waals surface area contributed by atoms with Crippen molar-refractivity contribution >= 4 is 11.9 Å². The predicted octanol–water partition coefficient (Wildman–Crippen LogP) is 3.74. The number of carbonyl (C=O) groups excluding carboxylic acids is 2. The number of hydrogen-bond acceptors (Lipinski definition) is 6. The Morgan fingerprint density at radius 1 is 1.00 bits per heavy atom. The molecule has 0 saturated carbocycles. The fourth-order valence-corrected chi connectivity index (χ4v) is 2.66. The van der Waals surface area contributed by atoms with Gasteiger partial charge < -0.3 is 9.47 Å². The van der Waals surface area contributed by atoms with Crippen molar-refractivity contribution in [2.24, 2.45) is 5.92 Å². The molecule has 1 unspecified atom stereocenters. The number of rotatable bonds is 7. The summed E-state index contributed by atoms with van der Waals surface area (Å²) in [6, 6.07) is 8.67. The Balaban J connectivity index is 3.23. The van der Waals surface area contributed by atoms with Crippen molar-refractivity contribution in [3.63, 3.8) is 0 Å². The summed E-state index contributed by atoms with van der Waals surface area (Å²) in [6.45, 7) is 9.80. The molecule has 2 atom stereocenters. The zero-order valence-electron chi connectivity index (χ0n) is 16.9. The lowest BCUT2D eigenvalue weighted by Crippen LogP contribution is -2.36. The van der Waals surface area contributed by atoms with E-state index in [-0.39, 0.29) is 6.42 Å². The van der Waals surface area contributed by atoms with E-state index < -0.39 is 46.4 Å². The number of carbonyl (C=O) groups is 2. The molecule has 0 N–H and O–H groups in total. The molecule has 0 aliphatic carbocycles. The van der Waals surface area contributed by atoms with Crippen LogP contribution in [0, 0.1) is 16.0 Å². The highest BCUT2D eigenvalue weighted by Crippen LogP contribution is 2.31. The van der Waals surface area contributed by atoms with E-state index in [0.717, 1.165) is 0 Å². The summed E-state index contributed by atoms with van der Waals surface area (Å²) in [4.78, 5) is 35.9. The van der Waals surface area contributed by atoms with Crippen LogP contribution in [0.3, 0.4) is 0 Å². The molecule has 0 spiro atoms. The van der Waals surface area contributed by atoms with Gasteiger partial charge in [0.25, 0.3) is 0 Å². The molecule has 1 rings (SSSR count). The fraction of sp³-hybridized carbons (Fsp3) is 0.600. The molecule has 1 aromatic carbocycles. The lowest BCUT2D eigenvalue weighted by molar-refractivity contribution is -0.484. The van der Waals surface area contributed by atoms with Crippen LogP contribution in [0.5, 0.6) is 0 Å². The van der Waals surface area contributed by atoms with Crippen molar-refractivity contribution in [1.82, 2.24) is 0 Å². The third kappa shape index (κ3) is 8.66. The van der Waals surface area contributed by atoms with E-state index in [0.29, 0.717) is 5.56 Å². The van der Waals surface area contributed by atoms with Gasteiger partial charge >= 0.3 is 11.9 Å². The molecular weight excluding hydrogens is 350 g/mol. The first-order valence-corrected chi connectivity index (χ1v) is 8.90. The second-order valence-corrected chi connectivity index (χ2v) is 8.46. The molecule has 0 aliphatic rings. The van der Waals surface area contributed by atoms with E-state index in [4.69, 9.17) is 9.47 Å². The van der Waals surface area contributed by atoms with Crippen LogP contribution < -0.4 is 0 Å². The molecule has 1 aromatic rings. The van der Waals surface area contributed by atoms with Crippen molar-refractivity contribution in [1.29, 1.82) is 0 Å². The summed E-state index contributed by atoms with van der Waals surface area (Å²) >= 11 is 0. The summed E-state index contributed by atoms with van der Waals surface area (Å²) in [7, 11) is 0. The molecule has 0 heterocycles. The average molecular weight is 379 g/mol. The number of nitrogens with zero attached hydrogens (tertiary/aromatic N) is 1. The number of hydrogen-bond donors (Lipinski definition) is 0. The maximum Gasteiger partial charge on any atom is 0.310 e. The summed E-state index contributed by atoms with van der Waals surface area (Å²) in [5.41, 5.74) is -0.895. The molecule has 150 valence electrons. The first-order chi connectivity index (χ1) is 12.3. The molecule has 0 bridgehead atoms. The predicted molar refractivity (Wildman–Crippen MR) is 101 cm³/mol. The quantitative estimate of drug-likeness (QED) is 0.407. The van der Waals surface area contributed by atoms with E-state index in [9.17, 15) is 19.7 Å². The van der Waals surface area contributed by atoms with Crippen LogP contribution in [0.4, 0.5) is 0 Å². The molecular formula is C20H29NO6. The zero-order chi connectivity index (χ0) is 20.8. The van der Waals surface area contributed by atoms with Crippen LogP contribution in [0.15, 0.2) is 30.3 Å². The lowest BCUT2D eigenvalue weighted by atomic mass is 9.83. The van der Waals surface area contributed by atoms with Crippen LogP contribution in [-0.2, 0) is 19.1 Å². The molecule has 0 aromatic heterocycles. The van der Waals surface area contributed by atoms with Gasteiger partial charge in [-0.05, 0) is 47.1 Å². The zero-order valence-corrected chi connectivity index (χ0v) is 16.9. The first kappa shape index (κ1) is 22.6. The molecule has 0 aliphatic heterocycles. The Kier molecular flexibility index (Phi) is 7.51. The second kappa shape index (κ2) is 8.97. The molecule has 0 amide bonds. The standard InChI is InChI=1S/C20H29NO6/c1-19(2,3)26-17(22)12-15(18(23)27-20(4,5)6)16(13-21(24)25)14-10-8-7-9-11-14/h7-11,15-16H,12-13H2,1-6H3/t15?,16-/m1/s1. The summed E-state index contributed by atoms with van der Waals surface area (Å²) < 4.78 is 10.8. The van der Waals surface area contributed by atoms with Gasteiger partial charge in [-0.25, -0.2) is 0 Å². The Morgan fingerprint density at radius 2 is 1.52 bits per heavy atom. The van der Waals surface area contributed by atoms with Gasteiger partial charge in [-0.3, -0.25) is 19.7 Å². The minimum absolute atomic E-state index is 0.292. The third-order valence-electron chi connectivity index (χ3n) is 3.58. The fourth-order valence-electron chi connectivity index (χ4n) is 2.66. The molecule has 27 heavy (non-hydrogen) atoms. The highest BCUT2D eigenvalue weighted by atomic mass is 16.6. The van der Waals surface area contributed by atoms with Crippen LogP contribution in [-0.4, -0.2) is 34.6 Å². The smallest absolute Gasteiger partial charge is 0.310 e. The highest BCUT2D eigenvalue weighted by Gasteiger charge is 2.38. The van der Waals surface area contributed by atoms with Gasteiger partial charge in [0.2, 0.25) is 6.54 Å². The summed E-state index contributed by atoms with van der Waals surface area (Å²) in [5, 5.41) is 11.2. The lowest BCUT2D eigenvalue weighted by Gasteiger charge is -2.28. The third-order valence-corrected chi connectivity index (χ3v) is 3.58. The van der Waals surface area contributed by atoms with Crippen LogP contribution in [0.25, 0.3) is 0 Å². The second-order valence-electron chi connectivity index (χ2n) is 8.46. The van der Waals surface area contributed by atoms with Gasteiger partial charge in [0, 0.05) is 4.92 Å². The summed E-state index contributed by atoms with van der Waals surface area (Å²) in [6.07, 6.45) is -0.292. The molecule has 0 saturated heterocycles. The molecule has 0 radical (unpaired) electrons. The van der Waals surface area contributed by atoms with Crippen molar-refractivity contribution in [3.8, 4) is 0 Å². The van der Waals surface area contributed by atoms with Crippen LogP contribution in [0.2, 0.25) is 0 Å². The van der Waals surface area contributed by atoms with Gasteiger partial charge in [-0.1, -0.05) is 30.3 Å². The minimum Gasteiger partial charge on any atom is -0.460 e. The number of esters is 2.